The van der Waals surface area contributed by atoms with E-state index in [1.165, 1.54) is 5.56 Å². The Hall–Kier alpha value is -2.03. The number of hydrogen-bond donors (Lipinski definition) is 0. The van der Waals surface area contributed by atoms with Gasteiger partial charge in [-0.1, -0.05) is 41.7 Å². The van der Waals surface area contributed by atoms with Gasteiger partial charge < -0.3 is 14.5 Å². The third-order valence-corrected chi connectivity index (χ3v) is 6.45. The Morgan fingerprint density at radius 1 is 1.07 bits per heavy atom. The molecule has 2 aliphatic heterocycles. The summed E-state index contributed by atoms with van der Waals surface area (Å²) in [5.74, 6) is 0.220. The van der Waals surface area contributed by atoms with Gasteiger partial charge in [-0.05, 0) is 12.5 Å². The number of ether oxygens (including phenoxy) is 1. The molecule has 0 N–H and O–H groups in total. The van der Waals surface area contributed by atoms with Gasteiger partial charge in [0.1, 0.15) is 5.01 Å². The number of carbonyl (C=O) groups is 1. The first-order valence-electron chi connectivity index (χ1n) is 9.92. The number of morpholine rings is 1. The lowest BCUT2D eigenvalue weighted by atomic mass is 10.2. The van der Waals surface area contributed by atoms with Crippen LogP contribution >= 0.6 is 11.3 Å². The molecule has 0 bridgehead atoms. The zero-order chi connectivity index (χ0) is 19.3. The van der Waals surface area contributed by atoms with E-state index in [1.807, 2.05) is 17.9 Å². The Bertz CT molecular complexity index is 770. The largest absolute Gasteiger partial charge is 0.378 e. The fraction of sp³-hybridized carbons (Fsp3) is 0.550. The first-order chi connectivity index (χ1) is 13.7. The lowest BCUT2D eigenvalue weighted by Gasteiger charge is -2.39. The minimum atomic E-state index is -0.0803. The number of carbonyl (C=O) groups excluding carboxylic acids is 1. The van der Waals surface area contributed by atoms with E-state index >= 15 is 0 Å². The number of piperazine rings is 1. The van der Waals surface area contributed by atoms with Gasteiger partial charge in [0, 0.05) is 45.7 Å². The van der Waals surface area contributed by atoms with E-state index < -0.39 is 0 Å². The van der Waals surface area contributed by atoms with E-state index in [0.717, 1.165) is 42.7 Å². The van der Waals surface area contributed by atoms with Crippen molar-refractivity contribution in [3.8, 4) is 0 Å². The van der Waals surface area contributed by atoms with Gasteiger partial charge in [0.2, 0.25) is 11.0 Å². The second-order valence-corrected chi connectivity index (χ2v) is 8.32. The van der Waals surface area contributed by atoms with Crippen LogP contribution in [0.25, 0.3) is 0 Å². The van der Waals surface area contributed by atoms with Gasteiger partial charge in [0.25, 0.3) is 0 Å². The number of nitrogens with zero attached hydrogens (tertiary/aromatic N) is 5. The minimum Gasteiger partial charge on any atom is -0.378 e. The molecule has 28 heavy (non-hydrogen) atoms. The van der Waals surface area contributed by atoms with Crippen molar-refractivity contribution in [1.29, 1.82) is 0 Å². The van der Waals surface area contributed by atoms with E-state index in [-0.39, 0.29) is 11.9 Å². The summed E-state index contributed by atoms with van der Waals surface area (Å²) in [6.45, 7) is 8.22. The number of amides is 1. The van der Waals surface area contributed by atoms with Crippen molar-refractivity contribution in [1.82, 2.24) is 20.0 Å². The van der Waals surface area contributed by atoms with Gasteiger partial charge in [0.05, 0.1) is 19.3 Å². The molecule has 2 fully saturated rings. The van der Waals surface area contributed by atoms with E-state index in [9.17, 15) is 4.79 Å². The average Bonchev–Trinajstić information content (AvgIpc) is 3.22. The van der Waals surface area contributed by atoms with Crippen LogP contribution in [0.15, 0.2) is 30.3 Å². The highest BCUT2D eigenvalue weighted by molar-refractivity contribution is 7.15. The van der Waals surface area contributed by atoms with Crippen LogP contribution in [0.1, 0.15) is 17.5 Å². The van der Waals surface area contributed by atoms with Crippen molar-refractivity contribution in [3.05, 3.63) is 40.9 Å². The Kier molecular flexibility index (Phi) is 6.19. The third kappa shape index (κ3) is 4.51. The second-order valence-electron chi connectivity index (χ2n) is 7.28. The number of aromatic nitrogens is 2. The van der Waals surface area contributed by atoms with Crippen molar-refractivity contribution in [2.45, 2.75) is 19.4 Å². The molecule has 1 amide bonds. The molecule has 2 aliphatic rings. The van der Waals surface area contributed by atoms with Gasteiger partial charge >= 0.3 is 0 Å². The van der Waals surface area contributed by atoms with Crippen molar-refractivity contribution >= 4 is 22.4 Å². The lowest BCUT2D eigenvalue weighted by molar-refractivity contribution is -0.140. The smallest absolute Gasteiger partial charge is 0.239 e. The van der Waals surface area contributed by atoms with Gasteiger partial charge in [-0.25, -0.2) is 0 Å². The lowest BCUT2D eigenvalue weighted by Crippen LogP contribution is -2.56. The molecule has 8 heteroatoms. The molecule has 1 unspecified atom stereocenters. The van der Waals surface area contributed by atoms with Crippen molar-refractivity contribution in [2.24, 2.45) is 0 Å². The summed E-state index contributed by atoms with van der Waals surface area (Å²) in [6, 6.07) is 10.3. The molecule has 0 spiro atoms. The second kappa shape index (κ2) is 8.98. The molecule has 2 saturated heterocycles. The number of hydrogen-bond acceptors (Lipinski definition) is 7. The van der Waals surface area contributed by atoms with Crippen LogP contribution in [0, 0.1) is 0 Å². The molecule has 0 saturated carbocycles. The van der Waals surface area contributed by atoms with E-state index in [4.69, 9.17) is 4.74 Å². The average molecular weight is 402 g/mol. The standard InChI is InChI=1S/C20H27N5O2S/c1-16(19(26)24-11-13-27-14-12-24)23-7-9-25(10-8-23)20-22-21-18(28-20)15-17-5-3-2-4-6-17/h2-6,16H,7-15H2,1H3. The van der Waals surface area contributed by atoms with Crippen LogP contribution in [0.5, 0.6) is 0 Å². The number of benzene rings is 1. The highest BCUT2D eigenvalue weighted by atomic mass is 32.1. The quantitative estimate of drug-likeness (QED) is 0.757. The van der Waals surface area contributed by atoms with Gasteiger partial charge in [-0.15, -0.1) is 10.2 Å². The van der Waals surface area contributed by atoms with Crippen LogP contribution < -0.4 is 4.90 Å². The summed E-state index contributed by atoms with van der Waals surface area (Å²) in [5, 5.41) is 10.8. The maximum Gasteiger partial charge on any atom is 0.239 e. The Morgan fingerprint density at radius 3 is 2.50 bits per heavy atom. The topological polar surface area (TPSA) is 61.8 Å². The summed E-state index contributed by atoms with van der Waals surface area (Å²) in [6.07, 6.45) is 0.823. The molecule has 0 aliphatic carbocycles. The van der Waals surface area contributed by atoms with Crippen LogP contribution in [0.4, 0.5) is 5.13 Å². The van der Waals surface area contributed by atoms with Crippen LogP contribution in [-0.4, -0.2) is 84.4 Å². The molecule has 2 aromatic rings. The van der Waals surface area contributed by atoms with Gasteiger partial charge in [0.15, 0.2) is 0 Å². The first kappa shape index (κ1) is 19.3. The molecule has 0 radical (unpaired) electrons. The first-order valence-corrected chi connectivity index (χ1v) is 10.7. The zero-order valence-electron chi connectivity index (χ0n) is 16.3. The molecule has 1 atom stereocenters. The van der Waals surface area contributed by atoms with E-state index in [2.05, 4.69) is 44.3 Å². The molecular weight excluding hydrogens is 374 g/mol. The molecule has 3 heterocycles. The highest BCUT2D eigenvalue weighted by Gasteiger charge is 2.30. The maximum absolute atomic E-state index is 12.7. The summed E-state index contributed by atoms with van der Waals surface area (Å²) in [4.78, 5) is 19.2. The Balaban J connectivity index is 1.30. The summed E-state index contributed by atoms with van der Waals surface area (Å²) in [5.41, 5.74) is 1.26. The van der Waals surface area contributed by atoms with Gasteiger partial charge in [-0.2, -0.15) is 0 Å². The van der Waals surface area contributed by atoms with E-state index in [1.54, 1.807) is 11.3 Å². The summed E-state index contributed by atoms with van der Waals surface area (Å²) in [7, 11) is 0. The molecule has 1 aromatic carbocycles. The molecule has 150 valence electrons. The van der Waals surface area contributed by atoms with Crippen molar-refractivity contribution in [2.75, 3.05) is 57.4 Å². The minimum absolute atomic E-state index is 0.0803. The van der Waals surface area contributed by atoms with Crippen LogP contribution in [-0.2, 0) is 16.0 Å². The van der Waals surface area contributed by atoms with Crippen molar-refractivity contribution < 1.29 is 9.53 Å². The normalized spacial score (nSPS) is 19.6. The molecule has 7 nitrogen and oxygen atoms in total. The van der Waals surface area contributed by atoms with Crippen LogP contribution in [0.3, 0.4) is 0 Å². The SMILES string of the molecule is CC(C(=O)N1CCOCC1)N1CCN(c2nnc(Cc3ccccc3)s2)CC1. The molecule has 1 aromatic heterocycles. The predicted molar refractivity (Wildman–Crippen MR) is 110 cm³/mol. The van der Waals surface area contributed by atoms with Gasteiger partial charge in [-0.3, -0.25) is 9.69 Å². The fourth-order valence-electron chi connectivity index (χ4n) is 3.72. The summed E-state index contributed by atoms with van der Waals surface area (Å²) >= 11 is 1.67. The summed E-state index contributed by atoms with van der Waals surface area (Å²) < 4.78 is 5.35. The molecule has 4 rings (SSSR count). The fourth-order valence-corrected chi connectivity index (χ4v) is 4.64. The maximum atomic E-state index is 12.7. The Labute approximate surface area is 169 Å². The van der Waals surface area contributed by atoms with E-state index in [0.29, 0.717) is 26.3 Å². The molecular formula is C20H27N5O2S. The number of anilines is 1. The third-order valence-electron chi connectivity index (χ3n) is 5.47. The van der Waals surface area contributed by atoms with Crippen LogP contribution in [0.2, 0.25) is 0 Å². The zero-order valence-corrected chi connectivity index (χ0v) is 17.1. The number of rotatable bonds is 5. The predicted octanol–water partition coefficient (Wildman–Crippen LogP) is 1.50. The monoisotopic (exact) mass is 401 g/mol. The Morgan fingerprint density at radius 2 is 1.79 bits per heavy atom. The van der Waals surface area contributed by atoms with Crippen molar-refractivity contribution in [3.63, 3.8) is 0 Å². The highest BCUT2D eigenvalue weighted by Crippen LogP contribution is 2.24.